The molecule has 0 saturated carbocycles. The smallest absolute Gasteiger partial charge is 0.241 e. The first-order valence-electron chi connectivity index (χ1n) is 7.19. The van der Waals surface area contributed by atoms with Crippen molar-refractivity contribution in [3.8, 4) is 5.75 Å². The second kappa shape index (κ2) is 7.47. The summed E-state index contributed by atoms with van der Waals surface area (Å²) in [7, 11) is 0. The predicted molar refractivity (Wildman–Crippen MR) is 89.1 cm³/mol. The van der Waals surface area contributed by atoms with Crippen molar-refractivity contribution >= 4 is 39.1 Å². The molecule has 1 aromatic carbocycles. The van der Waals surface area contributed by atoms with E-state index in [9.17, 15) is 4.79 Å². The Kier molecular flexibility index (Phi) is 5.90. The van der Waals surface area contributed by atoms with E-state index in [4.69, 9.17) is 16.3 Å². The normalized spacial score (nSPS) is 21.9. The van der Waals surface area contributed by atoms with Gasteiger partial charge in [-0.1, -0.05) is 18.5 Å². The Bertz CT molecular complexity index is 525. The molecule has 0 spiro atoms. The Hall–Kier alpha value is -0.780. The van der Waals surface area contributed by atoms with Crippen molar-refractivity contribution < 1.29 is 9.53 Å². The molecule has 2 rings (SSSR count). The molecule has 1 aromatic rings. The number of carbonyl (C=O) groups is 1. The lowest BCUT2D eigenvalue weighted by molar-refractivity contribution is -0.119. The molecule has 1 saturated heterocycles. The van der Waals surface area contributed by atoms with Crippen LogP contribution in [0.4, 0.5) is 5.69 Å². The van der Waals surface area contributed by atoms with Crippen molar-refractivity contribution in [1.82, 2.24) is 5.32 Å². The zero-order valence-electron chi connectivity index (χ0n) is 12.2. The van der Waals surface area contributed by atoms with Crippen LogP contribution in [-0.4, -0.2) is 25.1 Å². The van der Waals surface area contributed by atoms with Crippen molar-refractivity contribution in [2.75, 3.05) is 18.5 Å². The number of halogens is 2. The largest absolute Gasteiger partial charge is 0.491 e. The second-order valence-electron chi connectivity index (χ2n) is 5.24. The SMILES string of the molecule is CCOc1c(Br)cc(Cl)cc1NC(=O)C1NCCCC1C. The Morgan fingerprint density at radius 2 is 2.33 bits per heavy atom. The van der Waals surface area contributed by atoms with Crippen LogP contribution in [0.15, 0.2) is 16.6 Å². The first-order chi connectivity index (χ1) is 10.0. The summed E-state index contributed by atoms with van der Waals surface area (Å²) in [6.45, 7) is 5.38. The van der Waals surface area contributed by atoms with Gasteiger partial charge in [-0.05, 0) is 60.3 Å². The Morgan fingerprint density at radius 1 is 1.57 bits per heavy atom. The summed E-state index contributed by atoms with van der Waals surface area (Å²) >= 11 is 9.49. The van der Waals surface area contributed by atoms with Gasteiger partial charge in [0.15, 0.2) is 5.75 Å². The van der Waals surface area contributed by atoms with E-state index in [-0.39, 0.29) is 11.9 Å². The zero-order valence-corrected chi connectivity index (χ0v) is 14.6. The van der Waals surface area contributed by atoms with Crippen molar-refractivity contribution in [1.29, 1.82) is 0 Å². The molecule has 0 aliphatic carbocycles. The van der Waals surface area contributed by atoms with Crippen LogP contribution < -0.4 is 15.4 Å². The highest BCUT2D eigenvalue weighted by molar-refractivity contribution is 9.10. The molecule has 2 atom stereocenters. The molecule has 0 radical (unpaired) electrons. The zero-order chi connectivity index (χ0) is 15.4. The molecular formula is C15H20BrClN2O2. The van der Waals surface area contributed by atoms with E-state index in [2.05, 4.69) is 33.5 Å². The molecule has 1 aliphatic heterocycles. The molecule has 1 fully saturated rings. The quantitative estimate of drug-likeness (QED) is 0.841. The minimum atomic E-state index is -0.175. The van der Waals surface area contributed by atoms with E-state index < -0.39 is 0 Å². The maximum absolute atomic E-state index is 12.5. The van der Waals surface area contributed by atoms with Crippen LogP contribution in [0, 0.1) is 5.92 Å². The Morgan fingerprint density at radius 3 is 3.00 bits per heavy atom. The van der Waals surface area contributed by atoms with E-state index in [0.29, 0.717) is 29.0 Å². The van der Waals surface area contributed by atoms with Gasteiger partial charge in [0.2, 0.25) is 5.91 Å². The van der Waals surface area contributed by atoms with Crippen molar-refractivity contribution in [3.63, 3.8) is 0 Å². The summed E-state index contributed by atoms with van der Waals surface area (Å²) in [4.78, 5) is 12.5. The third-order valence-corrected chi connectivity index (χ3v) is 4.41. The highest BCUT2D eigenvalue weighted by atomic mass is 79.9. The highest BCUT2D eigenvalue weighted by Gasteiger charge is 2.28. The minimum Gasteiger partial charge on any atom is -0.491 e. The lowest BCUT2D eigenvalue weighted by Crippen LogP contribution is -2.48. The van der Waals surface area contributed by atoms with Crippen molar-refractivity contribution in [3.05, 3.63) is 21.6 Å². The fourth-order valence-corrected chi connectivity index (χ4v) is 3.48. The molecule has 2 N–H and O–H groups in total. The van der Waals surface area contributed by atoms with Gasteiger partial charge in [0.25, 0.3) is 0 Å². The second-order valence-corrected chi connectivity index (χ2v) is 6.53. The number of carbonyl (C=O) groups excluding carboxylic acids is 1. The van der Waals surface area contributed by atoms with Crippen LogP contribution in [0.2, 0.25) is 5.02 Å². The van der Waals surface area contributed by atoms with Gasteiger partial charge in [0.1, 0.15) is 0 Å². The lowest BCUT2D eigenvalue weighted by atomic mass is 9.92. The number of hydrogen-bond acceptors (Lipinski definition) is 3. The number of anilines is 1. The Balaban J connectivity index is 2.19. The summed E-state index contributed by atoms with van der Waals surface area (Å²) in [5.41, 5.74) is 0.598. The summed E-state index contributed by atoms with van der Waals surface area (Å²) in [5, 5.41) is 6.75. The molecule has 1 amide bonds. The average Bonchev–Trinajstić information content (AvgIpc) is 2.43. The van der Waals surface area contributed by atoms with Gasteiger partial charge in [-0.15, -0.1) is 0 Å². The molecule has 4 nitrogen and oxygen atoms in total. The van der Waals surface area contributed by atoms with Crippen LogP contribution in [0.3, 0.4) is 0 Å². The van der Waals surface area contributed by atoms with E-state index in [1.807, 2.05) is 6.92 Å². The molecule has 6 heteroatoms. The fraction of sp³-hybridized carbons (Fsp3) is 0.533. The van der Waals surface area contributed by atoms with Crippen LogP contribution in [0.1, 0.15) is 26.7 Å². The molecular weight excluding hydrogens is 356 g/mol. The topological polar surface area (TPSA) is 50.4 Å². The maximum Gasteiger partial charge on any atom is 0.241 e. The number of rotatable bonds is 4. The fourth-order valence-electron chi connectivity index (χ4n) is 2.56. The number of nitrogens with one attached hydrogen (secondary N) is 2. The third-order valence-electron chi connectivity index (χ3n) is 3.61. The maximum atomic E-state index is 12.5. The summed E-state index contributed by atoms with van der Waals surface area (Å²) in [6.07, 6.45) is 2.17. The van der Waals surface area contributed by atoms with Gasteiger partial charge in [0.05, 0.1) is 22.8 Å². The molecule has 21 heavy (non-hydrogen) atoms. The minimum absolute atomic E-state index is 0.0441. The molecule has 1 heterocycles. The third kappa shape index (κ3) is 4.11. The summed E-state index contributed by atoms with van der Waals surface area (Å²) in [6, 6.07) is 3.29. The molecule has 116 valence electrons. The van der Waals surface area contributed by atoms with Gasteiger partial charge < -0.3 is 15.4 Å². The van der Waals surface area contributed by atoms with Crippen LogP contribution in [0.25, 0.3) is 0 Å². The van der Waals surface area contributed by atoms with Gasteiger partial charge in [-0.3, -0.25) is 4.79 Å². The van der Waals surface area contributed by atoms with E-state index in [1.54, 1.807) is 12.1 Å². The van der Waals surface area contributed by atoms with Crippen molar-refractivity contribution in [2.45, 2.75) is 32.7 Å². The first-order valence-corrected chi connectivity index (χ1v) is 8.36. The average molecular weight is 376 g/mol. The number of amides is 1. The number of hydrogen-bond donors (Lipinski definition) is 2. The van der Waals surface area contributed by atoms with E-state index >= 15 is 0 Å². The lowest BCUT2D eigenvalue weighted by Gasteiger charge is -2.29. The summed E-state index contributed by atoms with van der Waals surface area (Å²) < 4.78 is 6.33. The standard InChI is InChI=1S/C15H20BrClN2O2/c1-3-21-14-11(16)7-10(17)8-12(14)19-15(20)13-9(2)5-4-6-18-13/h7-9,13,18H,3-6H2,1-2H3,(H,19,20). The first kappa shape index (κ1) is 16.6. The number of benzene rings is 1. The van der Waals surface area contributed by atoms with E-state index in [0.717, 1.165) is 23.9 Å². The predicted octanol–water partition coefficient (Wildman–Crippen LogP) is 3.83. The van der Waals surface area contributed by atoms with Gasteiger partial charge in [0, 0.05) is 5.02 Å². The molecule has 2 unspecified atom stereocenters. The van der Waals surface area contributed by atoms with Crippen LogP contribution >= 0.6 is 27.5 Å². The molecule has 0 bridgehead atoms. The van der Waals surface area contributed by atoms with Gasteiger partial charge in [-0.25, -0.2) is 0 Å². The van der Waals surface area contributed by atoms with Crippen molar-refractivity contribution in [2.24, 2.45) is 5.92 Å². The highest BCUT2D eigenvalue weighted by Crippen LogP contribution is 2.37. The Labute approximate surface area is 138 Å². The van der Waals surface area contributed by atoms with Gasteiger partial charge >= 0.3 is 0 Å². The van der Waals surface area contributed by atoms with Gasteiger partial charge in [-0.2, -0.15) is 0 Å². The molecule has 0 aromatic heterocycles. The number of piperidine rings is 1. The van der Waals surface area contributed by atoms with Crippen LogP contribution in [-0.2, 0) is 4.79 Å². The molecule has 1 aliphatic rings. The van der Waals surface area contributed by atoms with Crippen LogP contribution in [0.5, 0.6) is 5.75 Å². The van der Waals surface area contributed by atoms with E-state index in [1.165, 1.54) is 0 Å². The number of ether oxygens (including phenoxy) is 1. The monoisotopic (exact) mass is 374 g/mol. The summed E-state index contributed by atoms with van der Waals surface area (Å²) in [5.74, 6) is 0.882.